The molecule has 1 aliphatic carbocycles. The van der Waals surface area contributed by atoms with Crippen molar-refractivity contribution in [2.75, 3.05) is 25.1 Å². The molecule has 1 fully saturated rings. The number of alkyl carbamates (subject to hydrolysis) is 1. The first-order valence-electron chi connectivity index (χ1n) is 11.3. The van der Waals surface area contributed by atoms with Crippen molar-refractivity contribution in [3.63, 3.8) is 0 Å². The van der Waals surface area contributed by atoms with Crippen molar-refractivity contribution in [2.24, 2.45) is 0 Å². The molecule has 35 heavy (non-hydrogen) atoms. The van der Waals surface area contributed by atoms with Crippen LogP contribution in [0.3, 0.4) is 0 Å². The van der Waals surface area contributed by atoms with Crippen LogP contribution >= 0.6 is 0 Å². The predicted octanol–water partition coefficient (Wildman–Crippen LogP) is 4.02. The summed E-state index contributed by atoms with van der Waals surface area (Å²) in [6, 6.07) is 22.0. The van der Waals surface area contributed by atoms with Crippen LogP contribution in [0.2, 0.25) is 0 Å². The number of rotatable bonds is 6. The maximum absolute atomic E-state index is 13.1. The number of nitrogens with one attached hydrogen (secondary N) is 2. The minimum atomic E-state index is -1.32. The highest BCUT2D eigenvalue weighted by Crippen LogP contribution is 2.44. The summed E-state index contributed by atoms with van der Waals surface area (Å²) in [4.78, 5) is 37.2. The van der Waals surface area contributed by atoms with Crippen LogP contribution in [0.5, 0.6) is 0 Å². The molecule has 3 N–H and O–H groups in total. The zero-order chi connectivity index (χ0) is 24.4. The van der Waals surface area contributed by atoms with E-state index in [4.69, 9.17) is 9.47 Å². The van der Waals surface area contributed by atoms with E-state index in [1.165, 1.54) is 18.2 Å². The summed E-state index contributed by atoms with van der Waals surface area (Å²) in [7, 11) is 0. The molecule has 1 atom stereocenters. The number of carboxylic acid groups (broad SMARTS) is 1. The number of fused-ring (bicyclic) bond motifs is 3. The molecule has 0 radical (unpaired) electrons. The Balaban J connectivity index is 1.28. The van der Waals surface area contributed by atoms with Gasteiger partial charge in [-0.25, -0.2) is 9.59 Å². The number of hydrogen-bond donors (Lipinski definition) is 3. The lowest BCUT2D eigenvalue weighted by Gasteiger charge is -2.27. The number of benzene rings is 3. The number of aromatic carboxylic acids is 1. The number of ether oxygens (including phenoxy) is 2. The van der Waals surface area contributed by atoms with Gasteiger partial charge in [-0.3, -0.25) is 4.79 Å². The molecule has 1 heterocycles. The van der Waals surface area contributed by atoms with E-state index in [2.05, 4.69) is 22.8 Å². The highest BCUT2D eigenvalue weighted by molar-refractivity contribution is 6.01. The summed E-state index contributed by atoms with van der Waals surface area (Å²) in [5.41, 5.74) is 3.48. The van der Waals surface area contributed by atoms with Gasteiger partial charge in [0, 0.05) is 24.6 Å². The number of amides is 2. The summed E-state index contributed by atoms with van der Waals surface area (Å²) >= 11 is 0. The maximum atomic E-state index is 13.1. The zero-order valence-electron chi connectivity index (χ0n) is 18.8. The van der Waals surface area contributed by atoms with Crippen molar-refractivity contribution >= 4 is 23.7 Å². The molecule has 3 aromatic carbocycles. The van der Waals surface area contributed by atoms with Gasteiger partial charge in [0.1, 0.15) is 12.1 Å². The Kier molecular flexibility index (Phi) is 5.96. The SMILES string of the molecule is O=C(NC1(C(=O)Nc2cccc(C(=O)O)c2)CCOC1)OCC1c2ccccc2-c2ccccc21. The third-order valence-electron chi connectivity index (χ3n) is 6.51. The van der Waals surface area contributed by atoms with Gasteiger partial charge in [-0.15, -0.1) is 0 Å². The first-order valence-corrected chi connectivity index (χ1v) is 11.3. The second-order valence-corrected chi connectivity index (χ2v) is 8.68. The minimum Gasteiger partial charge on any atom is -0.478 e. The lowest BCUT2D eigenvalue weighted by Crippen LogP contribution is -2.57. The number of hydrogen-bond acceptors (Lipinski definition) is 5. The molecule has 3 aromatic rings. The third-order valence-corrected chi connectivity index (χ3v) is 6.51. The van der Waals surface area contributed by atoms with Crippen LogP contribution in [-0.4, -0.2) is 48.4 Å². The molecule has 8 nitrogen and oxygen atoms in total. The van der Waals surface area contributed by atoms with E-state index >= 15 is 0 Å². The molecule has 1 unspecified atom stereocenters. The van der Waals surface area contributed by atoms with E-state index in [1.807, 2.05) is 36.4 Å². The van der Waals surface area contributed by atoms with Gasteiger partial charge in [0.05, 0.1) is 12.2 Å². The Bertz CT molecular complexity index is 1250. The van der Waals surface area contributed by atoms with Crippen LogP contribution < -0.4 is 10.6 Å². The molecule has 2 amide bonds. The van der Waals surface area contributed by atoms with Crippen molar-refractivity contribution < 1.29 is 29.0 Å². The molecule has 178 valence electrons. The van der Waals surface area contributed by atoms with Gasteiger partial charge in [-0.05, 0) is 40.5 Å². The van der Waals surface area contributed by atoms with Gasteiger partial charge in [-0.1, -0.05) is 54.6 Å². The summed E-state index contributed by atoms with van der Waals surface area (Å²) in [6.07, 6.45) is -0.450. The van der Waals surface area contributed by atoms with E-state index < -0.39 is 23.5 Å². The topological polar surface area (TPSA) is 114 Å². The Morgan fingerprint density at radius 2 is 1.66 bits per heavy atom. The van der Waals surface area contributed by atoms with E-state index in [9.17, 15) is 19.5 Å². The van der Waals surface area contributed by atoms with Crippen LogP contribution in [0.4, 0.5) is 10.5 Å². The molecular formula is C27H24N2O6. The van der Waals surface area contributed by atoms with Gasteiger partial charge < -0.3 is 25.2 Å². The minimum absolute atomic E-state index is 0.0123. The monoisotopic (exact) mass is 472 g/mol. The fourth-order valence-electron chi connectivity index (χ4n) is 4.71. The number of carboxylic acids is 1. The fourth-order valence-corrected chi connectivity index (χ4v) is 4.71. The molecular weight excluding hydrogens is 448 g/mol. The summed E-state index contributed by atoms with van der Waals surface area (Å²) in [5.74, 6) is -1.70. The van der Waals surface area contributed by atoms with Crippen LogP contribution in [0, 0.1) is 0 Å². The van der Waals surface area contributed by atoms with E-state index in [-0.39, 0.29) is 31.1 Å². The van der Waals surface area contributed by atoms with Gasteiger partial charge in [0.15, 0.2) is 0 Å². The van der Waals surface area contributed by atoms with Crippen LogP contribution in [0.25, 0.3) is 11.1 Å². The molecule has 2 aliphatic rings. The quantitative estimate of drug-likeness (QED) is 0.499. The molecule has 0 spiro atoms. The van der Waals surface area contributed by atoms with Crippen LogP contribution in [0.15, 0.2) is 72.8 Å². The molecule has 8 heteroatoms. The lowest BCUT2D eigenvalue weighted by atomic mass is 9.97. The van der Waals surface area contributed by atoms with E-state index in [1.54, 1.807) is 6.07 Å². The number of carbonyl (C=O) groups excluding carboxylic acids is 2. The molecule has 0 saturated carbocycles. The van der Waals surface area contributed by atoms with Gasteiger partial charge in [0.25, 0.3) is 5.91 Å². The first-order chi connectivity index (χ1) is 17.0. The average Bonchev–Trinajstić information content (AvgIpc) is 3.46. The smallest absolute Gasteiger partial charge is 0.408 e. The Labute approximate surface area is 201 Å². The summed E-state index contributed by atoms with van der Waals surface area (Å²) < 4.78 is 11.0. The third kappa shape index (κ3) is 4.36. The predicted molar refractivity (Wildman–Crippen MR) is 128 cm³/mol. The molecule has 1 aliphatic heterocycles. The molecule has 0 aromatic heterocycles. The molecule has 5 rings (SSSR count). The highest BCUT2D eigenvalue weighted by atomic mass is 16.6. The normalized spacial score (nSPS) is 18.4. The van der Waals surface area contributed by atoms with Gasteiger partial charge >= 0.3 is 12.1 Å². The standard InChI is InChI=1S/C27H24N2O6/c30-24(31)17-6-5-7-18(14-17)28-25(32)27(12-13-34-16-27)29-26(33)35-15-23-21-10-3-1-8-19(21)20-9-2-4-11-22(20)23/h1-11,14,23H,12-13,15-16H2,(H,28,32)(H,29,33)(H,30,31). The van der Waals surface area contributed by atoms with Gasteiger partial charge in [-0.2, -0.15) is 0 Å². The first kappa shape index (κ1) is 22.6. The summed E-state index contributed by atoms with van der Waals surface area (Å²) in [6.45, 7) is 0.410. The Morgan fingerprint density at radius 3 is 2.29 bits per heavy atom. The maximum Gasteiger partial charge on any atom is 0.408 e. The Morgan fingerprint density at radius 1 is 0.971 bits per heavy atom. The van der Waals surface area contributed by atoms with Crippen molar-refractivity contribution in [1.29, 1.82) is 0 Å². The second kappa shape index (κ2) is 9.23. The molecule has 0 bridgehead atoms. The van der Waals surface area contributed by atoms with E-state index in [0.717, 1.165) is 22.3 Å². The lowest BCUT2D eigenvalue weighted by molar-refractivity contribution is -0.122. The largest absolute Gasteiger partial charge is 0.478 e. The van der Waals surface area contributed by atoms with Gasteiger partial charge in [0.2, 0.25) is 0 Å². The van der Waals surface area contributed by atoms with Crippen LogP contribution in [0.1, 0.15) is 33.8 Å². The number of anilines is 1. The average molecular weight is 472 g/mol. The molecule has 1 saturated heterocycles. The second-order valence-electron chi connectivity index (χ2n) is 8.68. The van der Waals surface area contributed by atoms with E-state index in [0.29, 0.717) is 12.3 Å². The van der Waals surface area contributed by atoms with Crippen molar-refractivity contribution in [1.82, 2.24) is 5.32 Å². The summed E-state index contributed by atoms with van der Waals surface area (Å²) in [5, 5.41) is 14.6. The zero-order valence-corrected chi connectivity index (χ0v) is 18.8. The number of carbonyl (C=O) groups is 3. The van der Waals surface area contributed by atoms with Crippen molar-refractivity contribution in [3.8, 4) is 11.1 Å². The van der Waals surface area contributed by atoms with Crippen LogP contribution in [-0.2, 0) is 14.3 Å². The highest BCUT2D eigenvalue weighted by Gasteiger charge is 2.44. The van der Waals surface area contributed by atoms with Crippen molar-refractivity contribution in [3.05, 3.63) is 89.5 Å². The fraction of sp³-hybridized carbons (Fsp3) is 0.222. The van der Waals surface area contributed by atoms with Crippen molar-refractivity contribution in [2.45, 2.75) is 17.9 Å². The Hall–Kier alpha value is -4.17.